The van der Waals surface area contributed by atoms with Crippen molar-refractivity contribution in [2.45, 2.75) is 38.4 Å². The molecule has 0 radical (unpaired) electrons. The molecule has 0 aromatic heterocycles. The highest BCUT2D eigenvalue weighted by atomic mass is 32.1. The molecule has 2 aromatic carbocycles. The molecule has 1 aliphatic rings. The van der Waals surface area contributed by atoms with E-state index in [4.69, 9.17) is 5.73 Å². The number of benzene rings is 2. The number of fused-ring (bicyclic) bond motifs is 1. The van der Waals surface area contributed by atoms with E-state index in [-0.39, 0.29) is 12.1 Å². The molecule has 4 nitrogen and oxygen atoms in total. The third kappa shape index (κ3) is 4.10. The minimum absolute atomic E-state index is 0.0927. The standard InChI is InChI=1S/C20H27N3OS/c1-15-6-5-11-23(15)20(24)22(13-18(21)14-25)12-17-9-4-8-16-7-2-3-10-19(16)17/h2-4,7-10,15,18,25H,5-6,11-14,21H2,1H3/t15-,18-/m1/s1. The molecule has 0 aliphatic carbocycles. The zero-order valence-electron chi connectivity index (χ0n) is 14.8. The normalized spacial score (nSPS) is 18.5. The van der Waals surface area contributed by atoms with E-state index in [9.17, 15) is 4.79 Å². The summed E-state index contributed by atoms with van der Waals surface area (Å²) in [6, 6.07) is 14.8. The number of carbonyl (C=O) groups is 1. The molecule has 1 heterocycles. The first kappa shape index (κ1) is 18.1. The van der Waals surface area contributed by atoms with Gasteiger partial charge in [-0.05, 0) is 36.1 Å². The monoisotopic (exact) mass is 357 g/mol. The Balaban J connectivity index is 1.87. The van der Waals surface area contributed by atoms with Crippen molar-refractivity contribution >= 4 is 29.4 Å². The van der Waals surface area contributed by atoms with Crippen molar-refractivity contribution in [3.05, 3.63) is 48.0 Å². The van der Waals surface area contributed by atoms with Gasteiger partial charge in [0, 0.05) is 37.5 Å². The van der Waals surface area contributed by atoms with Crippen molar-refractivity contribution in [3.63, 3.8) is 0 Å². The molecule has 1 fully saturated rings. The fourth-order valence-corrected chi connectivity index (χ4v) is 3.70. The Labute approximate surface area is 155 Å². The van der Waals surface area contributed by atoms with Crippen LogP contribution in [0, 0.1) is 0 Å². The Kier molecular flexibility index (Phi) is 5.86. The van der Waals surface area contributed by atoms with Crippen LogP contribution in [0.5, 0.6) is 0 Å². The van der Waals surface area contributed by atoms with Gasteiger partial charge in [-0.1, -0.05) is 42.5 Å². The number of urea groups is 1. The van der Waals surface area contributed by atoms with E-state index in [2.05, 4.69) is 49.9 Å². The summed E-state index contributed by atoms with van der Waals surface area (Å²) < 4.78 is 0. The highest BCUT2D eigenvalue weighted by Crippen LogP contribution is 2.23. The van der Waals surface area contributed by atoms with Crippen molar-refractivity contribution in [1.29, 1.82) is 0 Å². The number of hydrogen-bond acceptors (Lipinski definition) is 3. The first-order chi connectivity index (χ1) is 12.1. The maximum Gasteiger partial charge on any atom is 0.320 e. The molecule has 1 saturated heterocycles. The smallest absolute Gasteiger partial charge is 0.320 e. The van der Waals surface area contributed by atoms with Crippen LogP contribution >= 0.6 is 12.6 Å². The number of amides is 2. The highest BCUT2D eigenvalue weighted by molar-refractivity contribution is 7.80. The number of hydrogen-bond donors (Lipinski definition) is 2. The number of rotatable bonds is 5. The lowest BCUT2D eigenvalue weighted by Crippen LogP contribution is -2.48. The maximum absolute atomic E-state index is 13.1. The van der Waals surface area contributed by atoms with E-state index in [1.165, 1.54) is 10.8 Å². The molecule has 0 unspecified atom stereocenters. The highest BCUT2D eigenvalue weighted by Gasteiger charge is 2.29. The Morgan fingerprint density at radius 2 is 2.08 bits per heavy atom. The fraction of sp³-hybridized carbons (Fsp3) is 0.450. The predicted molar refractivity (Wildman–Crippen MR) is 107 cm³/mol. The topological polar surface area (TPSA) is 49.6 Å². The van der Waals surface area contributed by atoms with Gasteiger partial charge in [-0.3, -0.25) is 0 Å². The summed E-state index contributed by atoms with van der Waals surface area (Å²) in [7, 11) is 0. The SMILES string of the molecule is C[C@@H]1CCCN1C(=O)N(Cc1cccc2ccccc12)C[C@@H](N)CS. The van der Waals surface area contributed by atoms with Crippen LogP contribution in [0.1, 0.15) is 25.3 Å². The van der Waals surface area contributed by atoms with Crippen molar-refractivity contribution in [1.82, 2.24) is 9.80 Å². The minimum Gasteiger partial charge on any atom is -0.325 e. The Hall–Kier alpha value is -1.72. The number of thiol groups is 1. The fourth-order valence-electron chi connectivity index (χ4n) is 3.59. The van der Waals surface area contributed by atoms with Gasteiger partial charge >= 0.3 is 6.03 Å². The molecular formula is C20H27N3OS. The second-order valence-corrected chi connectivity index (χ2v) is 7.29. The van der Waals surface area contributed by atoms with Crippen LogP contribution in [-0.2, 0) is 6.54 Å². The van der Waals surface area contributed by atoms with Gasteiger partial charge in [0.1, 0.15) is 0 Å². The van der Waals surface area contributed by atoms with E-state index in [1.807, 2.05) is 21.9 Å². The van der Waals surface area contributed by atoms with Crippen LogP contribution in [0.2, 0.25) is 0 Å². The molecule has 3 rings (SSSR count). The number of nitrogens with zero attached hydrogens (tertiary/aromatic N) is 2. The van der Waals surface area contributed by atoms with Gasteiger partial charge in [-0.25, -0.2) is 4.79 Å². The third-order valence-electron chi connectivity index (χ3n) is 5.00. The van der Waals surface area contributed by atoms with E-state index in [0.717, 1.165) is 24.9 Å². The van der Waals surface area contributed by atoms with Crippen LogP contribution in [0.15, 0.2) is 42.5 Å². The van der Waals surface area contributed by atoms with Gasteiger partial charge in [0.25, 0.3) is 0 Å². The molecule has 25 heavy (non-hydrogen) atoms. The molecule has 0 bridgehead atoms. The molecule has 2 aromatic rings. The molecule has 5 heteroatoms. The maximum atomic E-state index is 13.1. The molecular weight excluding hydrogens is 330 g/mol. The van der Waals surface area contributed by atoms with Gasteiger partial charge < -0.3 is 15.5 Å². The van der Waals surface area contributed by atoms with E-state index in [1.54, 1.807) is 0 Å². The zero-order chi connectivity index (χ0) is 17.8. The van der Waals surface area contributed by atoms with Crippen LogP contribution in [0.25, 0.3) is 10.8 Å². The zero-order valence-corrected chi connectivity index (χ0v) is 15.7. The first-order valence-electron chi connectivity index (χ1n) is 8.98. The second kappa shape index (κ2) is 8.11. The molecule has 2 N–H and O–H groups in total. The van der Waals surface area contributed by atoms with Crippen molar-refractivity contribution in [2.75, 3.05) is 18.8 Å². The van der Waals surface area contributed by atoms with Crippen molar-refractivity contribution < 1.29 is 4.79 Å². The van der Waals surface area contributed by atoms with E-state index < -0.39 is 0 Å². The summed E-state index contributed by atoms with van der Waals surface area (Å²) in [5.74, 6) is 0.564. The van der Waals surface area contributed by atoms with Crippen LogP contribution in [0.4, 0.5) is 4.79 Å². The summed E-state index contributed by atoms with van der Waals surface area (Å²) in [6.45, 7) is 4.06. The van der Waals surface area contributed by atoms with Gasteiger partial charge in [0.05, 0.1) is 0 Å². The number of nitrogens with two attached hydrogens (primary N) is 1. The second-order valence-electron chi connectivity index (χ2n) is 6.93. The largest absolute Gasteiger partial charge is 0.325 e. The lowest BCUT2D eigenvalue weighted by Gasteiger charge is -2.32. The van der Waals surface area contributed by atoms with E-state index >= 15 is 0 Å². The molecule has 2 amide bonds. The molecule has 134 valence electrons. The minimum atomic E-state index is -0.125. The molecule has 0 saturated carbocycles. The van der Waals surface area contributed by atoms with E-state index in [0.29, 0.717) is 24.9 Å². The summed E-state index contributed by atoms with van der Waals surface area (Å²) in [5.41, 5.74) is 7.28. The van der Waals surface area contributed by atoms with Gasteiger partial charge in [0.2, 0.25) is 0 Å². The summed E-state index contributed by atoms with van der Waals surface area (Å²) >= 11 is 4.29. The van der Waals surface area contributed by atoms with Gasteiger partial charge in [-0.15, -0.1) is 0 Å². The Morgan fingerprint density at radius 3 is 2.80 bits per heavy atom. The Morgan fingerprint density at radius 1 is 1.32 bits per heavy atom. The van der Waals surface area contributed by atoms with Crippen LogP contribution < -0.4 is 5.73 Å². The summed E-state index contributed by atoms with van der Waals surface area (Å²) in [6.07, 6.45) is 2.15. The quantitative estimate of drug-likeness (QED) is 0.805. The van der Waals surface area contributed by atoms with Gasteiger partial charge in [-0.2, -0.15) is 12.6 Å². The average Bonchev–Trinajstić information content (AvgIpc) is 3.06. The van der Waals surface area contributed by atoms with Crippen molar-refractivity contribution in [2.24, 2.45) is 5.73 Å². The number of carbonyl (C=O) groups excluding carboxylic acids is 1. The van der Waals surface area contributed by atoms with Crippen LogP contribution in [-0.4, -0.2) is 46.8 Å². The lowest BCUT2D eigenvalue weighted by atomic mass is 10.0. The van der Waals surface area contributed by atoms with Crippen LogP contribution in [0.3, 0.4) is 0 Å². The predicted octanol–water partition coefficient (Wildman–Crippen LogP) is 3.50. The third-order valence-corrected chi connectivity index (χ3v) is 5.47. The molecule has 0 spiro atoms. The average molecular weight is 358 g/mol. The molecule has 1 aliphatic heterocycles. The van der Waals surface area contributed by atoms with Crippen molar-refractivity contribution in [3.8, 4) is 0 Å². The van der Waals surface area contributed by atoms with Gasteiger partial charge in [0.15, 0.2) is 0 Å². The lowest BCUT2D eigenvalue weighted by molar-refractivity contribution is 0.146. The first-order valence-corrected chi connectivity index (χ1v) is 9.62. The Bertz CT molecular complexity index is 730. The summed E-state index contributed by atoms with van der Waals surface area (Å²) in [5, 5.41) is 2.39. The molecule has 2 atom stereocenters. The number of likely N-dealkylation sites (tertiary alicyclic amines) is 1. The summed E-state index contributed by atoms with van der Waals surface area (Å²) in [4.78, 5) is 17.0.